The fourth-order valence-electron chi connectivity index (χ4n) is 2.81. The summed E-state index contributed by atoms with van der Waals surface area (Å²) in [5.74, 6) is -0.211. The van der Waals surface area contributed by atoms with Gasteiger partial charge in [-0.1, -0.05) is 6.07 Å². The molecule has 25 heavy (non-hydrogen) atoms. The largest absolute Gasteiger partial charge is 0.339 e. The van der Waals surface area contributed by atoms with Gasteiger partial charge in [0.1, 0.15) is 0 Å². The predicted octanol–water partition coefficient (Wildman–Crippen LogP) is 3.73. The fourth-order valence-corrected chi connectivity index (χ4v) is 3.39. The van der Waals surface area contributed by atoms with Crippen LogP contribution in [0.15, 0.2) is 35.7 Å². The second-order valence-electron chi connectivity index (χ2n) is 6.05. The van der Waals surface area contributed by atoms with Crippen molar-refractivity contribution in [3.05, 3.63) is 52.0 Å². The van der Waals surface area contributed by atoms with Crippen LogP contribution in [0.3, 0.4) is 0 Å². The summed E-state index contributed by atoms with van der Waals surface area (Å²) in [7, 11) is 0. The molecule has 6 heteroatoms. The lowest BCUT2D eigenvalue weighted by Crippen LogP contribution is -2.35. The topological polar surface area (TPSA) is 62.3 Å². The van der Waals surface area contributed by atoms with E-state index >= 15 is 0 Å². The van der Waals surface area contributed by atoms with Crippen molar-refractivity contribution in [2.24, 2.45) is 0 Å². The fraction of sp³-hybridized carbons (Fsp3) is 0.316. The lowest BCUT2D eigenvalue weighted by Gasteiger charge is -2.26. The molecule has 1 aromatic heterocycles. The SMILES string of the molecule is Cc1nc(/C=C/C(=O)Nc2cccc(C(=O)N3CCCCC3)c2)cs1. The molecule has 1 aromatic carbocycles. The van der Waals surface area contributed by atoms with Gasteiger partial charge in [0.25, 0.3) is 5.91 Å². The van der Waals surface area contributed by atoms with E-state index in [0.717, 1.165) is 36.6 Å². The maximum atomic E-state index is 12.5. The highest BCUT2D eigenvalue weighted by Gasteiger charge is 2.18. The quantitative estimate of drug-likeness (QED) is 0.850. The van der Waals surface area contributed by atoms with Crippen LogP contribution in [0.5, 0.6) is 0 Å². The molecule has 0 bridgehead atoms. The van der Waals surface area contributed by atoms with E-state index in [4.69, 9.17) is 0 Å². The number of aromatic nitrogens is 1. The zero-order valence-electron chi connectivity index (χ0n) is 14.2. The first-order valence-corrected chi connectivity index (χ1v) is 9.30. The van der Waals surface area contributed by atoms with Gasteiger partial charge in [0, 0.05) is 35.8 Å². The molecular weight excluding hydrogens is 334 g/mol. The number of nitrogens with zero attached hydrogens (tertiary/aromatic N) is 2. The third-order valence-electron chi connectivity index (χ3n) is 4.06. The molecule has 0 atom stereocenters. The van der Waals surface area contributed by atoms with Crippen LogP contribution < -0.4 is 5.32 Å². The highest BCUT2D eigenvalue weighted by molar-refractivity contribution is 7.09. The highest BCUT2D eigenvalue weighted by atomic mass is 32.1. The molecule has 0 unspecified atom stereocenters. The summed E-state index contributed by atoms with van der Waals surface area (Å²) >= 11 is 1.54. The van der Waals surface area contributed by atoms with E-state index < -0.39 is 0 Å². The number of hydrogen-bond donors (Lipinski definition) is 1. The number of likely N-dealkylation sites (tertiary alicyclic amines) is 1. The Morgan fingerprint density at radius 1 is 1.24 bits per heavy atom. The zero-order chi connectivity index (χ0) is 17.6. The number of rotatable bonds is 4. The van der Waals surface area contributed by atoms with Gasteiger partial charge >= 0.3 is 0 Å². The van der Waals surface area contributed by atoms with Gasteiger partial charge in [0.05, 0.1) is 10.7 Å². The Labute approximate surface area is 151 Å². The van der Waals surface area contributed by atoms with Gasteiger partial charge in [0.15, 0.2) is 0 Å². The molecule has 0 saturated carbocycles. The number of aryl methyl sites for hydroxylation is 1. The number of anilines is 1. The summed E-state index contributed by atoms with van der Waals surface area (Å²) < 4.78 is 0. The summed E-state index contributed by atoms with van der Waals surface area (Å²) in [5, 5.41) is 5.66. The van der Waals surface area contributed by atoms with Crippen LogP contribution in [-0.2, 0) is 4.79 Å². The second-order valence-corrected chi connectivity index (χ2v) is 7.11. The molecule has 2 heterocycles. The van der Waals surface area contributed by atoms with Crippen molar-refractivity contribution in [1.29, 1.82) is 0 Å². The summed E-state index contributed by atoms with van der Waals surface area (Å²) in [4.78, 5) is 30.8. The van der Waals surface area contributed by atoms with Gasteiger partial charge in [0.2, 0.25) is 5.91 Å². The number of amides is 2. The third-order valence-corrected chi connectivity index (χ3v) is 4.85. The average molecular weight is 355 g/mol. The van der Waals surface area contributed by atoms with Crippen molar-refractivity contribution in [2.75, 3.05) is 18.4 Å². The third kappa shape index (κ3) is 4.76. The Morgan fingerprint density at radius 2 is 2.04 bits per heavy atom. The number of hydrogen-bond acceptors (Lipinski definition) is 4. The first kappa shape index (κ1) is 17.4. The minimum Gasteiger partial charge on any atom is -0.339 e. The molecule has 1 N–H and O–H groups in total. The summed E-state index contributed by atoms with van der Waals surface area (Å²) in [6.45, 7) is 3.54. The van der Waals surface area contributed by atoms with Crippen LogP contribution in [0.1, 0.15) is 40.3 Å². The standard InChI is InChI=1S/C19H21N3O2S/c1-14-20-17(13-25-14)8-9-18(23)21-16-7-5-6-15(12-16)19(24)22-10-3-2-4-11-22/h5-9,12-13H,2-4,10-11H2,1H3,(H,21,23)/b9-8+. The molecule has 1 aliphatic rings. The molecule has 2 amide bonds. The lowest BCUT2D eigenvalue weighted by atomic mass is 10.1. The summed E-state index contributed by atoms with van der Waals surface area (Å²) in [6.07, 6.45) is 6.44. The Balaban J connectivity index is 1.63. The van der Waals surface area contributed by atoms with Gasteiger partial charge in [-0.2, -0.15) is 0 Å². The molecule has 1 saturated heterocycles. The molecule has 1 aliphatic heterocycles. The van der Waals surface area contributed by atoms with Crippen molar-refractivity contribution in [3.63, 3.8) is 0 Å². The predicted molar refractivity (Wildman–Crippen MR) is 101 cm³/mol. The van der Waals surface area contributed by atoms with Gasteiger partial charge < -0.3 is 10.2 Å². The lowest BCUT2D eigenvalue weighted by molar-refractivity contribution is -0.111. The number of carbonyl (C=O) groups excluding carboxylic acids is 2. The van der Waals surface area contributed by atoms with Crippen molar-refractivity contribution in [3.8, 4) is 0 Å². The van der Waals surface area contributed by atoms with E-state index in [9.17, 15) is 9.59 Å². The molecule has 5 nitrogen and oxygen atoms in total. The van der Waals surface area contributed by atoms with Crippen molar-refractivity contribution in [1.82, 2.24) is 9.88 Å². The number of carbonyl (C=O) groups is 2. The molecule has 130 valence electrons. The number of piperidine rings is 1. The van der Waals surface area contributed by atoms with Gasteiger partial charge in [-0.05, 0) is 50.5 Å². The van der Waals surface area contributed by atoms with Gasteiger partial charge in [-0.15, -0.1) is 11.3 Å². The van der Waals surface area contributed by atoms with E-state index in [0.29, 0.717) is 11.3 Å². The molecule has 0 aliphatic carbocycles. The Hall–Kier alpha value is -2.47. The minimum atomic E-state index is -0.242. The summed E-state index contributed by atoms with van der Waals surface area (Å²) in [5.41, 5.74) is 2.00. The Kier molecular flexibility index (Phi) is 5.60. The molecule has 0 spiro atoms. The van der Waals surface area contributed by atoms with Gasteiger partial charge in [-0.25, -0.2) is 4.98 Å². The molecule has 1 fully saturated rings. The van der Waals surface area contributed by atoms with Crippen LogP contribution in [0.25, 0.3) is 6.08 Å². The van der Waals surface area contributed by atoms with Crippen molar-refractivity contribution in [2.45, 2.75) is 26.2 Å². The van der Waals surface area contributed by atoms with Crippen molar-refractivity contribution < 1.29 is 9.59 Å². The summed E-state index contributed by atoms with van der Waals surface area (Å²) in [6, 6.07) is 7.10. The van der Waals surface area contributed by atoms with Crippen molar-refractivity contribution >= 4 is 34.9 Å². The number of thiazole rings is 1. The number of benzene rings is 1. The molecular formula is C19H21N3O2S. The van der Waals surface area contributed by atoms with E-state index in [1.54, 1.807) is 41.7 Å². The normalized spacial score (nSPS) is 14.7. The smallest absolute Gasteiger partial charge is 0.253 e. The molecule has 2 aromatic rings. The van der Waals surface area contributed by atoms with Crippen LogP contribution >= 0.6 is 11.3 Å². The van der Waals surface area contributed by atoms with E-state index in [1.165, 1.54) is 12.5 Å². The average Bonchev–Trinajstić information content (AvgIpc) is 3.06. The molecule has 3 rings (SSSR count). The maximum Gasteiger partial charge on any atom is 0.253 e. The second kappa shape index (κ2) is 8.07. The van der Waals surface area contributed by atoms with E-state index in [1.807, 2.05) is 17.2 Å². The van der Waals surface area contributed by atoms with Crippen LogP contribution in [-0.4, -0.2) is 34.8 Å². The Bertz CT molecular complexity index is 791. The first-order chi connectivity index (χ1) is 12.1. The van der Waals surface area contributed by atoms with E-state index in [-0.39, 0.29) is 11.8 Å². The Morgan fingerprint density at radius 3 is 2.76 bits per heavy atom. The highest BCUT2D eigenvalue weighted by Crippen LogP contribution is 2.16. The van der Waals surface area contributed by atoms with Crippen LogP contribution in [0.2, 0.25) is 0 Å². The number of nitrogens with one attached hydrogen (secondary N) is 1. The van der Waals surface area contributed by atoms with E-state index in [2.05, 4.69) is 10.3 Å². The maximum absolute atomic E-state index is 12.5. The minimum absolute atomic E-state index is 0.0317. The van der Waals surface area contributed by atoms with Gasteiger partial charge in [-0.3, -0.25) is 9.59 Å². The van der Waals surface area contributed by atoms with Crippen LogP contribution in [0.4, 0.5) is 5.69 Å². The van der Waals surface area contributed by atoms with Crippen LogP contribution in [0, 0.1) is 6.92 Å². The zero-order valence-corrected chi connectivity index (χ0v) is 15.0. The molecule has 0 radical (unpaired) electrons. The monoisotopic (exact) mass is 355 g/mol. The first-order valence-electron chi connectivity index (χ1n) is 8.42.